The van der Waals surface area contributed by atoms with Gasteiger partial charge in [0.05, 0.1) is 36.3 Å². The topological polar surface area (TPSA) is 70.6 Å². The molecule has 4 rings (SSSR count). The van der Waals surface area contributed by atoms with Crippen LogP contribution >= 0.6 is 15.9 Å². The lowest BCUT2D eigenvalue weighted by molar-refractivity contribution is 0.278. The van der Waals surface area contributed by atoms with Gasteiger partial charge in [-0.1, -0.05) is 24.3 Å². The Morgan fingerprint density at radius 3 is 1.94 bits per heavy atom. The Bertz CT molecular complexity index is 1110. The number of aliphatic hydroxyl groups excluding tert-OH is 1. The van der Waals surface area contributed by atoms with E-state index in [0.29, 0.717) is 13.1 Å². The number of aromatic nitrogens is 2. The predicted molar refractivity (Wildman–Crippen MR) is 126 cm³/mol. The summed E-state index contributed by atoms with van der Waals surface area (Å²) in [5.74, 6) is 2.49. The van der Waals surface area contributed by atoms with Crippen LogP contribution in [0.3, 0.4) is 0 Å². The molecule has 0 aliphatic heterocycles. The molecule has 6 nitrogen and oxygen atoms in total. The van der Waals surface area contributed by atoms with Gasteiger partial charge in [-0.25, -0.2) is 4.98 Å². The van der Waals surface area contributed by atoms with Crippen LogP contribution in [-0.4, -0.2) is 29.3 Å². The Morgan fingerprint density at radius 1 is 0.903 bits per heavy atom. The molecule has 0 saturated heterocycles. The fraction of sp³-hybridized carbons (Fsp3) is 0.208. The summed E-state index contributed by atoms with van der Waals surface area (Å²) in [6.07, 6.45) is 0. The van der Waals surface area contributed by atoms with E-state index in [-0.39, 0.29) is 6.61 Å². The second kappa shape index (κ2) is 9.41. The minimum absolute atomic E-state index is 0.0509. The summed E-state index contributed by atoms with van der Waals surface area (Å²) in [5, 5.41) is 9.46. The van der Waals surface area contributed by atoms with Crippen LogP contribution in [0.25, 0.3) is 11.0 Å². The van der Waals surface area contributed by atoms with Gasteiger partial charge in [-0.15, -0.1) is 0 Å². The highest BCUT2D eigenvalue weighted by molar-refractivity contribution is 9.10. The molecule has 4 aromatic rings. The lowest BCUT2D eigenvalue weighted by Gasteiger charge is -2.25. The van der Waals surface area contributed by atoms with E-state index in [1.54, 1.807) is 14.2 Å². The first kappa shape index (κ1) is 21.2. The number of aromatic amines is 1. The monoisotopic (exact) mass is 481 g/mol. The third-order valence-electron chi connectivity index (χ3n) is 5.13. The maximum atomic E-state index is 9.46. The summed E-state index contributed by atoms with van der Waals surface area (Å²) < 4.78 is 11.5. The summed E-state index contributed by atoms with van der Waals surface area (Å²) >= 11 is 3.69. The Balaban J connectivity index is 1.70. The zero-order chi connectivity index (χ0) is 21.8. The highest BCUT2D eigenvalue weighted by Gasteiger charge is 2.16. The molecule has 2 N–H and O–H groups in total. The zero-order valence-electron chi connectivity index (χ0n) is 17.4. The molecule has 0 amide bonds. The van der Waals surface area contributed by atoms with Gasteiger partial charge in [-0.3, -0.25) is 0 Å². The van der Waals surface area contributed by atoms with Gasteiger partial charge in [-0.2, -0.15) is 0 Å². The molecule has 0 saturated carbocycles. The van der Waals surface area contributed by atoms with Crippen molar-refractivity contribution in [3.05, 3.63) is 82.0 Å². The Labute approximate surface area is 189 Å². The number of aliphatic hydroxyl groups is 1. The van der Waals surface area contributed by atoms with Crippen LogP contribution in [0.1, 0.15) is 16.8 Å². The van der Waals surface area contributed by atoms with Gasteiger partial charge in [0.15, 0.2) is 0 Å². The van der Waals surface area contributed by atoms with E-state index in [4.69, 9.17) is 14.5 Å². The third-order valence-corrected chi connectivity index (χ3v) is 5.71. The van der Waals surface area contributed by atoms with Gasteiger partial charge in [0, 0.05) is 18.8 Å². The van der Waals surface area contributed by atoms with Crippen LogP contribution in [0.15, 0.2) is 65.1 Å². The van der Waals surface area contributed by atoms with Crippen molar-refractivity contribution in [2.45, 2.75) is 19.7 Å². The summed E-state index contributed by atoms with van der Waals surface area (Å²) in [5.41, 5.74) is 4.73. The smallest absolute Gasteiger partial charge is 0.144 e. The van der Waals surface area contributed by atoms with Crippen LogP contribution in [0.4, 0.5) is 5.82 Å². The minimum atomic E-state index is -0.0509. The number of methoxy groups -OCH3 is 2. The first-order valence-corrected chi connectivity index (χ1v) is 10.7. The van der Waals surface area contributed by atoms with Crippen molar-refractivity contribution in [3.8, 4) is 11.5 Å². The van der Waals surface area contributed by atoms with Crippen molar-refractivity contribution >= 4 is 32.8 Å². The number of nitrogens with one attached hydrogen (secondary N) is 1. The molecular weight excluding hydrogens is 458 g/mol. The number of benzene rings is 2. The van der Waals surface area contributed by atoms with Gasteiger partial charge >= 0.3 is 0 Å². The van der Waals surface area contributed by atoms with Crippen molar-refractivity contribution in [1.29, 1.82) is 0 Å². The molecule has 2 heterocycles. The molecule has 0 aliphatic carbocycles. The molecule has 2 aromatic heterocycles. The standard InChI is InChI=1S/C24H24BrN3O3/c1-30-19-7-3-16(4-8-19)13-28(14-17-5-9-20(31-2)10-6-17)24-21(25)12-23-22(27-24)11-18(15-29)26-23/h3-12,26,29H,13-15H2,1-2H3. The summed E-state index contributed by atoms with van der Waals surface area (Å²) in [6.45, 7) is 1.29. The quantitative estimate of drug-likeness (QED) is 0.368. The number of hydrogen-bond donors (Lipinski definition) is 2. The fourth-order valence-electron chi connectivity index (χ4n) is 3.49. The summed E-state index contributed by atoms with van der Waals surface area (Å²) in [4.78, 5) is 10.3. The predicted octanol–water partition coefficient (Wildman–Crippen LogP) is 5.04. The van der Waals surface area contributed by atoms with E-state index < -0.39 is 0 Å². The van der Waals surface area contributed by atoms with Crippen molar-refractivity contribution < 1.29 is 14.6 Å². The number of pyridine rings is 1. The zero-order valence-corrected chi connectivity index (χ0v) is 19.0. The fourth-order valence-corrected chi connectivity index (χ4v) is 4.06. The molecule has 0 bridgehead atoms. The van der Waals surface area contributed by atoms with E-state index in [2.05, 4.69) is 50.1 Å². The molecular formula is C24H24BrN3O3. The van der Waals surface area contributed by atoms with Crippen molar-refractivity contribution in [1.82, 2.24) is 9.97 Å². The largest absolute Gasteiger partial charge is 0.497 e. The summed E-state index contributed by atoms with van der Waals surface area (Å²) in [7, 11) is 3.33. The third kappa shape index (κ3) is 4.84. The number of anilines is 1. The van der Waals surface area contributed by atoms with Gasteiger partial charge in [0.1, 0.15) is 17.3 Å². The molecule has 160 valence electrons. The van der Waals surface area contributed by atoms with Crippen LogP contribution in [0.2, 0.25) is 0 Å². The Hall–Kier alpha value is -3.03. The van der Waals surface area contributed by atoms with E-state index in [1.165, 1.54) is 0 Å². The number of H-pyrrole nitrogens is 1. The normalized spacial score (nSPS) is 11.0. The van der Waals surface area contributed by atoms with E-state index in [1.807, 2.05) is 36.4 Å². The van der Waals surface area contributed by atoms with Gasteiger partial charge in [0.25, 0.3) is 0 Å². The second-order valence-electron chi connectivity index (χ2n) is 7.23. The van der Waals surface area contributed by atoms with Gasteiger partial charge in [0.2, 0.25) is 0 Å². The van der Waals surface area contributed by atoms with Gasteiger partial charge < -0.3 is 24.5 Å². The molecule has 0 atom stereocenters. The Kier molecular flexibility index (Phi) is 6.44. The molecule has 2 aromatic carbocycles. The van der Waals surface area contributed by atoms with Crippen LogP contribution in [0.5, 0.6) is 11.5 Å². The number of halogens is 1. The number of rotatable bonds is 8. The first-order valence-electron chi connectivity index (χ1n) is 9.89. The molecule has 7 heteroatoms. The second-order valence-corrected chi connectivity index (χ2v) is 8.09. The van der Waals surface area contributed by atoms with Crippen LogP contribution in [-0.2, 0) is 19.7 Å². The maximum Gasteiger partial charge on any atom is 0.144 e. The average Bonchev–Trinajstić information content (AvgIpc) is 3.21. The summed E-state index contributed by atoms with van der Waals surface area (Å²) in [6, 6.07) is 20.0. The molecule has 0 spiro atoms. The molecule has 0 aliphatic rings. The number of ether oxygens (including phenoxy) is 2. The van der Waals surface area contributed by atoms with Gasteiger partial charge in [-0.05, 0) is 63.5 Å². The molecule has 0 radical (unpaired) electrons. The van der Waals surface area contributed by atoms with E-state index in [9.17, 15) is 5.11 Å². The van der Waals surface area contributed by atoms with Crippen molar-refractivity contribution in [3.63, 3.8) is 0 Å². The maximum absolute atomic E-state index is 9.46. The lowest BCUT2D eigenvalue weighted by atomic mass is 10.1. The van der Waals surface area contributed by atoms with Crippen LogP contribution in [0, 0.1) is 0 Å². The first-order chi connectivity index (χ1) is 15.1. The highest BCUT2D eigenvalue weighted by atomic mass is 79.9. The molecule has 0 unspecified atom stereocenters. The van der Waals surface area contributed by atoms with E-state index in [0.717, 1.165) is 49.6 Å². The SMILES string of the molecule is COc1ccc(CN(Cc2ccc(OC)cc2)c2nc3cc(CO)[nH]c3cc2Br)cc1. The van der Waals surface area contributed by atoms with E-state index >= 15 is 0 Å². The minimum Gasteiger partial charge on any atom is -0.497 e. The highest BCUT2D eigenvalue weighted by Crippen LogP contribution is 2.31. The average molecular weight is 482 g/mol. The number of nitrogens with zero attached hydrogens (tertiary/aromatic N) is 2. The number of hydrogen-bond acceptors (Lipinski definition) is 5. The van der Waals surface area contributed by atoms with Crippen LogP contribution < -0.4 is 14.4 Å². The lowest BCUT2D eigenvalue weighted by Crippen LogP contribution is -2.23. The number of fused-ring (bicyclic) bond motifs is 1. The van der Waals surface area contributed by atoms with Crippen molar-refractivity contribution in [2.24, 2.45) is 0 Å². The molecule has 0 fully saturated rings. The van der Waals surface area contributed by atoms with Crippen molar-refractivity contribution in [2.75, 3.05) is 19.1 Å². The Morgan fingerprint density at radius 2 is 1.45 bits per heavy atom. The molecule has 31 heavy (non-hydrogen) atoms.